The number of nitrogens with zero attached hydrogens (tertiary/aromatic N) is 4. The average Bonchev–Trinajstić information content (AvgIpc) is 3.06. The van der Waals surface area contributed by atoms with Gasteiger partial charge in [0.15, 0.2) is 0 Å². The van der Waals surface area contributed by atoms with Gasteiger partial charge in [0.1, 0.15) is 10.9 Å². The molecule has 0 N–H and O–H groups in total. The number of aliphatic imine (C=N–C) groups is 1. The zero-order chi connectivity index (χ0) is 16.8. The highest BCUT2D eigenvalue weighted by Gasteiger charge is 2.15. The summed E-state index contributed by atoms with van der Waals surface area (Å²) in [5.74, 6) is -0.434. The molecule has 0 amide bonds. The Hall–Kier alpha value is -2.84. The van der Waals surface area contributed by atoms with Crippen molar-refractivity contribution >= 4 is 17.6 Å². The normalized spacial score (nSPS) is 13.5. The van der Waals surface area contributed by atoms with Gasteiger partial charge in [0.25, 0.3) is 0 Å². The van der Waals surface area contributed by atoms with E-state index in [0.29, 0.717) is 0 Å². The monoisotopic (exact) mass is 332 g/mol. The van der Waals surface area contributed by atoms with Gasteiger partial charge >= 0.3 is 0 Å². The van der Waals surface area contributed by atoms with Crippen LogP contribution >= 0.6 is 11.3 Å². The third kappa shape index (κ3) is 3.73. The molecule has 24 heavy (non-hydrogen) atoms. The van der Waals surface area contributed by atoms with Crippen LogP contribution in [0.3, 0.4) is 0 Å². The number of thiazole rings is 1. The first kappa shape index (κ1) is 16.0. The van der Waals surface area contributed by atoms with Crippen LogP contribution in [0.4, 0.5) is 0 Å². The van der Waals surface area contributed by atoms with E-state index in [0.717, 1.165) is 21.8 Å². The van der Waals surface area contributed by atoms with Gasteiger partial charge in [0.2, 0.25) is 0 Å². The Balaban J connectivity index is 1.93. The molecule has 0 saturated heterocycles. The SMILES string of the molecule is Cc1csc([C@H](C#N)C=N[C@H](c2ccccc2)c2ccncc2)n1. The molecule has 1 aromatic carbocycles. The molecule has 0 spiro atoms. The van der Waals surface area contributed by atoms with E-state index < -0.39 is 5.92 Å². The summed E-state index contributed by atoms with van der Waals surface area (Å²) in [6.07, 6.45) is 5.22. The Kier molecular flexibility index (Phi) is 5.09. The van der Waals surface area contributed by atoms with Gasteiger partial charge in [-0.25, -0.2) is 4.98 Å². The molecule has 2 atom stereocenters. The predicted octanol–water partition coefficient (Wildman–Crippen LogP) is 4.31. The quantitative estimate of drug-likeness (QED) is 0.654. The second-order valence-electron chi connectivity index (χ2n) is 5.33. The maximum absolute atomic E-state index is 9.46. The molecule has 0 bridgehead atoms. The van der Waals surface area contributed by atoms with E-state index in [9.17, 15) is 5.26 Å². The maximum atomic E-state index is 9.46. The van der Waals surface area contributed by atoms with Crippen LogP contribution in [-0.4, -0.2) is 16.2 Å². The van der Waals surface area contributed by atoms with Crippen molar-refractivity contribution in [3.05, 3.63) is 82.1 Å². The first-order valence-electron chi connectivity index (χ1n) is 7.57. The minimum Gasteiger partial charge on any atom is -0.283 e. The zero-order valence-corrected chi connectivity index (χ0v) is 14.0. The van der Waals surface area contributed by atoms with Crippen LogP contribution in [-0.2, 0) is 0 Å². The van der Waals surface area contributed by atoms with Crippen molar-refractivity contribution in [2.24, 2.45) is 4.99 Å². The second-order valence-corrected chi connectivity index (χ2v) is 6.22. The van der Waals surface area contributed by atoms with Crippen molar-refractivity contribution in [2.45, 2.75) is 18.9 Å². The Morgan fingerprint density at radius 2 is 1.83 bits per heavy atom. The van der Waals surface area contributed by atoms with Crippen LogP contribution in [0, 0.1) is 18.3 Å². The van der Waals surface area contributed by atoms with Crippen molar-refractivity contribution in [3.63, 3.8) is 0 Å². The number of rotatable bonds is 5. The number of hydrogen-bond donors (Lipinski definition) is 0. The number of hydrogen-bond acceptors (Lipinski definition) is 5. The zero-order valence-electron chi connectivity index (χ0n) is 13.2. The van der Waals surface area contributed by atoms with Crippen LogP contribution in [0.2, 0.25) is 0 Å². The van der Waals surface area contributed by atoms with Crippen LogP contribution in [0.1, 0.15) is 33.8 Å². The Morgan fingerprint density at radius 1 is 1.12 bits per heavy atom. The molecule has 0 unspecified atom stereocenters. The summed E-state index contributed by atoms with van der Waals surface area (Å²) in [5.41, 5.74) is 3.05. The number of nitriles is 1. The second kappa shape index (κ2) is 7.62. The molecule has 5 heteroatoms. The third-order valence-corrected chi connectivity index (χ3v) is 4.61. The maximum Gasteiger partial charge on any atom is 0.133 e. The first-order valence-corrected chi connectivity index (χ1v) is 8.45. The minimum atomic E-state index is -0.434. The molecule has 0 aliphatic carbocycles. The van der Waals surface area contributed by atoms with Gasteiger partial charge in [-0.1, -0.05) is 30.3 Å². The van der Waals surface area contributed by atoms with E-state index in [1.807, 2.05) is 54.8 Å². The van der Waals surface area contributed by atoms with Gasteiger partial charge in [-0.3, -0.25) is 9.98 Å². The molecular formula is C19H16N4S. The largest absolute Gasteiger partial charge is 0.283 e. The van der Waals surface area contributed by atoms with Crippen molar-refractivity contribution < 1.29 is 0 Å². The van der Waals surface area contributed by atoms with E-state index in [1.54, 1.807) is 18.6 Å². The molecule has 118 valence electrons. The summed E-state index contributed by atoms with van der Waals surface area (Å²) in [6, 6.07) is 16.1. The van der Waals surface area contributed by atoms with Crippen molar-refractivity contribution in [1.82, 2.24) is 9.97 Å². The lowest BCUT2D eigenvalue weighted by atomic mass is 10.0. The Morgan fingerprint density at radius 3 is 2.46 bits per heavy atom. The summed E-state index contributed by atoms with van der Waals surface area (Å²) in [7, 11) is 0. The Bertz CT molecular complexity index is 810. The van der Waals surface area contributed by atoms with Gasteiger partial charge < -0.3 is 0 Å². The molecule has 3 aromatic rings. The van der Waals surface area contributed by atoms with E-state index >= 15 is 0 Å². The molecule has 3 rings (SSSR count). The van der Waals surface area contributed by atoms with Crippen molar-refractivity contribution in [2.75, 3.05) is 0 Å². The van der Waals surface area contributed by atoms with E-state index in [1.165, 1.54) is 11.3 Å². The van der Waals surface area contributed by atoms with Gasteiger partial charge in [0, 0.05) is 29.7 Å². The first-order chi connectivity index (χ1) is 11.8. The standard InChI is InChI=1S/C19H16N4S/c1-14-13-24-19(23-14)17(11-20)12-22-18(15-5-3-2-4-6-15)16-7-9-21-10-8-16/h2-10,12-13,17-18H,1H3/t17-,18-/m1/s1. The molecule has 4 nitrogen and oxygen atoms in total. The van der Waals surface area contributed by atoms with Crippen LogP contribution in [0.25, 0.3) is 0 Å². The highest BCUT2D eigenvalue weighted by atomic mass is 32.1. The Labute approximate surface area is 145 Å². The molecule has 2 aromatic heterocycles. The number of aryl methyl sites for hydroxylation is 1. The lowest BCUT2D eigenvalue weighted by Gasteiger charge is -2.13. The smallest absolute Gasteiger partial charge is 0.133 e. The summed E-state index contributed by atoms with van der Waals surface area (Å²) >= 11 is 1.49. The van der Waals surface area contributed by atoms with Gasteiger partial charge in [-0.2, -0.15) is 5.26 Å². The summed E-state index contributed by atoms with van der Waals surface area (Å²) in [5, 5.41) is 12.2. The third-order valence-electron chi connectivity index (χ3n) is 3.56. The number of pyridine rings is 1. The fourth-order valence-electron chi connectivity index (χ4n) is 2.39. The minimum absolute atomic E-state index is 0.161. The molecule has 0 aliphatic rings. The van der Waals surface area contributed by atoms with Crippen LogP contribution in [0.15, 0.2) is 65.2 Å². The van der Waals surface area contributed by atoms with E-state index in [4.69, 9.17) is 4.99 Å². The number of aromatic nitrogens is 2. The molecular weight excluding hydrogens is 316 g/mol. The van der Waals surface area contributed by atoms with Crippen LogP contribution in [0.5, 0.6) is 0 Å². The topological polar surface area (TPSA) is 61.9 Å². The molecule has 0 aliphatic heterocycles. The van der Waals surface area contributed by atoms with Gasteiger partial charge in [0.05, 0.1) is 12.1 Å². The van der Waals surface area contributed by atoms with Gasteiger partial charge in [-0.05, 0) is 30.2 Å². The highest BCUT2D eigenvalue weighted by Crippen LogP contribution is 2.26. The highest BCUT2D eigenvalue weighted by molar-refractivity contribution is 7.09. The predicted molar refractivity (Wildman–Crippen MR) is 96.2 cm³/mol. The average molecular weight is 332 g/mol. The van der Waals surface area contributed by atoms with Crippen molar-refractivity contribution in [3.8, 4) is 6.07 Å². The van der Waals surface area contributed by atoms with Crippen LogP contribution < -0.4 is 0 Å². The molecule has 0 saturated carbocycles. The fraction of sp³-hybridized carbons (Fsp3) is 0.158. The lowest BCUT2D eigenvalue weighted by molar-refractivity contribution is 0.866. The summed E-state index contributed by atoms with van der Waals surface area (Å²) in [6.45, 7) is 1.93. The van der Waals surface area contributed by atoms with E-state index in [-0.39, 0.29) is 6.04 Å². The number of benzene rings is 1. The fourth-order valence-corrected chi connectivity index (χ4v) is 3.19. The van der Waals surface area contributed by atoms with Gasteiger partial charge in [-0.15, -0.1) is 11.3 Å². The van der Waals surface area contributed by atoms with Crippen molar-refractivity contribution in [1.29, 1.82) is 5.26 Å². The van der Waals surface area contributed by atoms with E-state index in [2.05, 4.69) is 16.0 Å². The summed E-state index contributed by atoms with van der Waals surface area (Å²) in [4.78, 5) is 13.2. The molecule has 2 heterocycles. The molecule has 0 radical (unpaired) electrons. The molecule has 0 fully saturated rings. The lowest BCUT2D eigenvalue weighted by Crippen LogP contribution is -2.02. The summed E-state index contributed by atoms with van der Waals surface area (Å²) < 4.78 is 0.